The molecule has 37 heavy (non-hydrogen) atoms. The van der Waals surface area contributed by atoms with Gasteiger partial charge in [0.15, 0.2) is 0 Å². The Hall–Kier alpha value is -3.71. The van der Waals surface area contributed by atoms with Gasteiger partial charge in [-0.05, 0) is 59.9 Å². The summed E-state index contributed by atoms with van der Waals surface area (Å²) in [5, 5.41) is 0.798. The molecule has 1 heterocycles. The van der Waals surface area contributed by atoms with Crippen LogP contribution < -0.4 is 4.31 Å². The van der Waals surface area contributed by atoms with Crippen LogP contribution in [0.2, 0.25) is 0 Å². The van der Waals surface area contributed by atoms with Crippen molar-refractivity contribution in [3.63, 3.8) is 0 Å². The minimum Gasteiger partial charge on any atom is -0.337 e. The molecule has 0 radical (unpaired) electrons. The molecule has 0 bridgehead atoms. The molecule has 4 aromatic rings. The van der Waals surface area contributed by atoms with Crippen molar-refractivity contribution in [1.82, 2.24) is 9.88 Å². The smallest absolute Gasteiger partial charge is 0.264 e. The lowest BCUT2D eigenvalue weighted by atomic mass is 9.87. The van der Waals surface area contributed by atoms with Crippen molar-refractivity contribution >= 4 is 32.5 Å². The molecule has 0 aliphatic heterocycles. The molecule has 0 spiro atoms. The highest BCUT2D eigenvalue weighted by Gasteiger charge is 2.29. The number of carbonyl (C=O) groups excluding carboxylic acids is 1. The van der Waals surface area contributed by atoms with Crippen molar-refractivity contribution in [2.45, 2.75) is 44.6 Å². The zero-order chi connectivity index (χ0) is 26.6. The van der Waals surface area contributed by atoms with Crippen LogP contribution in [0.3, 0.4) is 0 Å². The Kier molecular flexibility index (Phi) is 7.64. The molecule has 0 aliphatic carbocycles. The molecular formula is C30H33N3O3S. The summed E-state index contributed by atoms with van der Waals surface area (Å²) in [5.74, 6) is -0.271. The van der Waals surface area contributed by atoms with Crippen molar-refractivity contribution in [1.29, 1.82) is 0 Å². The Bertz CT molecular complexity index is 1480. The monoisotopic (exact) mass is 515 g/mol. The Labute approximate surface area is 219 Å². The van der Waals surface area contributed by atoms with Crippen LogP contribution in [0, 0.1) is 0 Å². The summed E-state index contributed by atoms with van der Waals surface area (Å²) in [6, 6.07) is 25.5. The fourth-order valence-corrected chi connectivity index (χ4v) is 5.60. The van der Waals surface area contributed by atoms with E-state index in [2.05, 4.69) is 25.8 Å². The molecular weight excluding hydrogens is 482 g/mol. The van der Waals surface area contributed by atoms with Crippen LogP contribution in [-0.2, 0) is 26.8 Å². The molecule has 0 unspecified atom stereocenters. The van der Waals surface area contributed by atoms with E-state index in [1.54, 1.807) is 47.5 Å². The summed E-state index contributed by atoms with van der Waals surface area (Å²) < 4.78 is 29.2. The van der Waals surface area contributed by atoms with Crippen LogP contribution in [0.1, 0.15) is 38.8 Å². The summed E-state index contributed by atoms with van der Waals surface area (Å²) in [6.45, 7) is 8.70. The Morgan fingerprint density at radius 3 is 2.24 bits per heavy atom. The van der Waals surface area contributed by atoms with Crippen LogP contribution >= 0.6 is 0 Å². The number of hydrogen-bond donors (Lipinski definition) is 0. The van der Waals surface area contributed by atoms with Gasteiger partial charge in [-0.15, -0.1) is 0 Å². The lowest BCUT2D eigenvalue weighted by Gasteiger charge is -2.28. The summed E-state index contributed by atoms with van der Waals surface area (Å²) >= 11 is 0. The molecule has 192 valence electrons. The van der Waals surface area contributed by atoms with Gasteiger partial charge in [-0.3, -0.25) is 14.1 Å². The Balaban J connectivity index is 1.72. The molecule has 1 amide bonds. The first kappa shape index (κ1) is 26.4. The molecule has 0 N–H and O–H groups in total. The predicted molar refractivity (Wildman–Crippen MR) is 149 cm³/mol. The van der Waals surface area contributed by atoms with Gasteiger partial charge in [-0.25, -0.2) is 8.42 Å². The van der Waals surface area contributed by atoms with Crippen molar-refractivity contribution in [2.75, 3.05) is 17.4 Å². The first-order valence-electron chi connectivity index (χ1n) is 12.4. The number of anilines is 1. The van der Waals surface area contributed by atoms with Gasteiger partial charge in [0.25, 0.3) is 10.0 Å². The van der Waals surface area contributed by atoms with Crippen LogP contribution in [0.15, 0.2) is 96.0 Å². The van der Waals surface area contributed by atoms with Gasteiger partial charge in [0.05, 0.1) is 16.1 Å². The zero-order valence-electron chi connectivity index (χ0n) is 21.8. The van der Waals surface area contributed by atoms with Crippen LogP contribution in [0.4, 0.5) is 5.69 Å². The standard InChI is InChI=1S/C30H33N3O3S/c1-5-32(21-23-10-7-6-8-11-23)29(34)22-33(26-15-18-28-24(20-26)12-9-19-31-28)37(35,36)27-16-13-25(14-17-27)30(2,3)4/h6-20H,5,21-22H2,1-4H3. The van der Waals surface area contributed by atoms with Crippen molar-refractivity contribution in [3.8, 4) is 0 Å². The molecule has 0 atom stereocenters. The topological polar surface area (TPSA) is 70.6 Å². The van der Waals surface area contributed by atoms with Gasteiger partial charge in [0, 0.05) is 24.7 Å². The van der Waals surface area contributed by atoms with E-state index in [0.29, 0.717) is 18.8 Å². The van der Waals surface area contributed by atoms with E-state index in [1.807, 2.05) is 55.5 Å². The number of nitrogens with zero attached hydrogens (tertiary/aromatic N) is 3. The number of carbonyl (C=O) groups is 1. The molecule has 0 saturated carbocycles. The molecule has 0 aliphatic rings. The lowest BCUT2D eigenvalue weighted by Crippen LogP contribution is -2.42. The molecule has 0 saturated heterocycles. The number of aromatic nitrogens is 1. The fourth-order valence-electron chi connectivity index (χ4n) is 4.19. The largest absolute Gasteiger partial charge is 0.337 e. The van der Waals surface area contributed by atoms with Gasteiger partial charge in [-0.2, -0.15) is 0 Å². The van der Waals surface area contributed by atoms with E-state index >= 15 is 0 Å². The summed E-state index contributed by atoms with van der Waals surface area (Å²) in [4.78, 5) is 19.7. The predicted octanol–water partition coefficient (Wildman–Crippen LogP) is 5.78. The minimum atomic E-state index is -4.03. The molecule has 1 aromatic heterocycles. The van der Waals surface area contributed by atoms with Crippen LogP contribution in [-0.4, -0.2) is 37.3 Å². The van der Waals surface area contributed by atoms with E-state index < -0.39 is 10.0 Å². The normalized spacial score (nSPS) is 11.9. The molecule has 0 fully saturated rings. The second-order valence-corrected chi connectivity index (χ2v) is 11.9. The van der Waals surface area contributed by atoms with Gasteiger partial charge >= 0.3 is 0 Å². The quantitative estimate of drug-likeness (QED) is 0.298. The maximum absolute atomic E-state index is 14.0. The highest BCUT2D eigenvalue weighted by Crippen LogP contribution is 2.29. The van der Waals surface area contributed by atoms with Crippen molar-refractivity contribution in [2.24, 2.45) is 0 Å². The maximum atomic E-state index is 14.0. The molecule has 3 aromatic carbocycles. The van der Waals surface area contributed by atoms with E-state index in [0.717, 1.165) is 22.0 Å². The third-order valence-corrected chi connectivity index (χ3v) is 8.20. The van der Waals surface area contributed by atoms with Gasteiger partial charge < -0.3 is 4.90 Å². The van der Waals surface area contributed by atoms with E-state index in [-0.39, 0.29) is 22.8 Å². The Morgan fingerprint density at radius 2 is 1.59 bits per heavy atom. The number of pyridine rings is 1. The summed E-state index contributed by atoms with van der Waals surface area (Å²) in [5.41, 5.74) is 3.09. The second kappa shape index (κ2) is 10.7. The number of fused-ring (bicyclic) bond motifs is 1. The van der Waals surface area contributed by atoms with E-state index in [9.17, 15) is 13.2 Å². The SMILES string of the molecule is CCN(Cc1ccccc1)C(=O)CN(c1ccc2ncccc2c1)S(=O)(=O)c1ccc(C(C)(C)C)cc1. The highest BCUT2D eigenvalue weighted by molar-refractivity contribution is 7.92. The number of rotatable bonds is 8. The molecule has 7 heteroatoms. The third-order valence-electron chi connectivity index (χ3n) is 6.41. The van der Waals surface area contributed by atoms with Gasteiger partial charge in [-0.1, -0.05) is 69.3 Å². The minimum absolute atomic E-state index is 0.109. The first-order valence-corrected chi connectivity index (χ1v) is 13.8. The number of amides is 1. The number of hydrogen-bond acceptors (Lipinski definition) is 4. The highest BCUT2D eigenvalue weighted by atomic mass is 32.2. The number of likely N-dealkylation sites (N-methyl/N-ethyl adjacent to an activating group) is 1. The van der Waals surface area contributed by atoms with Crippen molar-refractivity contribution in [3.05, 3.63) is 102 Å². The number of benzene rings is 3. The molecule has 6 nitrogen and oxygen atoms in total. The summed E-state index contributed by atoms with van der Waals surface area (Å²) in [6.07, 6.45) is 1.69. The van der Waals surface area contributed by atoms with E-state index in [1.165, 1.54) is 4.31 Å². The average molecular weight is 516 g/mol. The fraction of sp³-hybridized carbons (Fsp3) is 0.267. The average Bonchev–Trinajstić information content (AvgIpc) is 2.90. The molecule has 4 rings (SSSR count). The first-order chi connectivity index (χ1) is 17.6. The van der Waals surface area contributed by atoms with Crippen molar-refractivity contribution < 1.29 is 13.2 Å². The Morgan fingerprint density at radius 1 is 0.892 bits per heavy atom. The van der Waals surface area contributed by atoms with Gasteiger partial charge in [0.2, 0.25) is 5.91 Å². The second-order valence-electron chi connectivity index (χ2n) is 10.1. The van der Waals surface area contributed by atoms with Gasteiger partial charge in [0.1, 0.15) is 6.54 Å². The maximum Gasteiger partial charge on any atom is 0.264 e. The van der Waals surface area contributed by atoms with Crippen LogP contribution in [0.5, 0.6) is 0 Å². The number of sulfonamides is 1. The van der Waals surface area contributed by atoms with E-state index in [4.69, 9.17) is 0 Å². The summed E-state index contributed by atoms with van der Waals surface area (Å²) in [7, 11) is -4.03. The lowest BCUT2D eigenvalue weighted by molar-refractivity contribution is -0.129. The zero-order valence-corrected chi connectivity index (χ0v) is 22.6. The third kappa shape index (κ3) is 6.00. The van der Waals surface area contributed by atoms with Crippen LogP contribution in [0.25, 0.3) is 10.9 Å².